The van der Waals surface area contributed by atoms with Crippen molar-refractivity contribution >= 4 is 12.6 Å². The minimum Gasteiger partial charge on any atom is -0.265 e. The van der Waals surface area contributed by atoms with Crippen molar-refractivity contribution in [2.45, 2.75) is 12.2 Å². The third-order valence-electron chi connectivity index (χ3n) is 0.864. The fourth-order valence-electron chi connectivity index (χ4n) is 0.415. The molecule has 0 saturated carbocycles. The quantitative estimate of drug-likeness (QED) is 0.550. The van der Waals surface area contributed by atoms with Gasteiger partial charge in [-0.05, 0) is 6.92 Å². The van der Waals surface area contributed by atoms with Crippen molar-refractivity contribution in [3.63, 3.8) is 0 Å². The molecule has 0 bridgehead atoms. The van der Waals surface area contributed by atoms with Crippen LogP contribution >= 0.6 is 12.6 Å². The predicted molar refractivity (Wildman–Crippen MR) is 33.8 cm³/mol. The highest BCUT2D eigenvalue weighted by molar-refractivity contribution is 7.80. The van der Waals surface area contributed by atoms with Gasteiger partial charge >= 0.3 is 0 Å². The molecule has 0 spiro atoms. The van der Waals surface area contributed by atoms with E-state index in [1.165, 1.54) is 0 Å². The molecular weight excluding hydrogens is 122 g/mol. The van der Waals surface area contributed by atoms with E-state index in [1.54, 1.807) is 6.20 Å². The van der Waals surface area contributed by atoms with Crippen LogP contribution in [0.4, 0.5) is 0 Å². The minimum atomic E-state index is 0.175. The lowest BCUT2D eigenvalue weighted by molar-refractivity contribution is 0.904. The van der Waals surface area contributed by atoms with Crippen molar-refractivity contribution in [1.29, 1.82) is 0 Å². The first kappa shape index (κ1) is 5.62. The summed E-state index contributed by atoms with van der Waals surface area (Å²) in [5.74, 6) is 0. The van der Waals surface area contributed by atoms with E-state index in [2.05, 4.69) is 28.0 Å². The van der Waals surface area contributed by atoms with E-state index in [0.29, 0.717) is 0 Å². The lowest BCUT2D eigenvalue weighted by atomic mass is 10.4. The fourth-order valence-corrected chi connectivity index (χ4v) is 0.541. The Morgan fingerprint density at radius 1 is 1.88 bits per heavy atom. The van der Waals surface area contributed by atoms with Crippen LogP contribution in [0, 0.1) is 0 Å². The summed E-state index contributed by atoms with van der Waals surface area (Å²) in [6, 6.07) is 0. The molecule has 8 heavy (non-hydrogen) atoms. The molecule has 0 saturated heterocycles. The molecule has 1 atom stereocenters. The Labute approximate surface area is 52.9 Å². The largest absolute Gasteiger partial charge is 0.265 e. The van der Waals surface area contributed by atoms with E-state index in [1.807, 2.05) is 6.92 Å². The number of hydrogen-bond acceptors (Lipinski definition) is 3. The molecule has 0 amide bonds. The van der Waals surface area contributed by atoms with E-state index < -0.39 is 0 Å². The standard InChI is InChI=1S/C4H7N3S/c1-3(8)4-2-5-7-6-4/h2-3,8H,1H3,(H,5,6,7). The number of H-pyrrole nitrogens is 1. The normalized spacial score (nSPS) is 13.8. The van der Waals surface area contributed by atoms with Gasteiger partial charge in [-0.3, -0.25) is 5.10 Å². The Kier molecular flexibility index (Phi) is 1.53. The summed E-state index contributed by atoms with van der Waals surface area (Å²) in [6.45, 7) is 1.95. The minimum absolute atomic E-state index is 0.175. The smallest absolute Gasteiger partial charge is 0.0948 e. The van der Waals surface area contributed by atoms with Gasteiger partial charge in [-0.1, -0.05) is 5.21 Å². The second kappa shape index (κ2) is 2.17. The highest BCUT2D eigenvalue weighted by Gasteiger charge is 1.99. The monoisotopic (exact) mass is 129 g/mol. The fraction of sp³-hybridized carbons (Fsp3) is 0.500. The molecule has 1 aromatic rings. The first-order valence-electron chi connectivity index (χ1n) is 2.35. The van der Waals surface area contributed by atoms with E-state index >= 15 is 0 Å². The summed E-state index contributed by atoms with van der Waals surface area (Å²) < 4.78 is 0. The molecule has 44 valence electrons. The molecule has 1 unspecified atom stereocenters. The van der Waals surface area contributed by atoms with E-state index in [4.69, 9.17) is 0 Å². The summed E-state index contributed by atoms with van der Waals surface area (Å²) in [6.07, 6.45) is 1.73. The number of aromatic nitrogens is 3. The Morgan fingerprint density at radius 3 is 2.88 bits per heavy atom. The van der Waals surface area contributed by atoms with Gasteiger partial charge in [0.05, 0.1) is 5.69 Å². The molecule has 0 aliphatic carbocycles. The Hall–Kier alpha value is -0.510. The molecule has 3 nitrogen and oxygen atoms in total. The van der Waals surface area contributed by atoms with Gasteiger partial charge in [0.15, 0.2) is 0 Å². The van der Waals surface area contributed by atoms with Gasteiger partial charge < -0.3 is 0 Å². The Morgan fingerprint density at radius 2 is 2.62 bits per heavy atom. The van der Waals surface area contributed by atoms with Crippen LogP contribution in [0.2, 0.25) is 0 Å². The lowest BCUT2D eigenvalue weighted by Gasteiger charge is -1.91. The summed E-state index contributed by atoms with van der Waals surface area (Å²) in [4.78, 5) is 0. The average molecular weight is 129 g/mol. The Bertz CT molecular complexity index is 146. The lowest BCUT2D eigenvalue weighted by Crippen LogP contribution is -1.82. The van der Waals surface area contributed by atoms with Gasteiger partial charge in [0, 0.05) is 11.4 Å². The van der Waals surface area contributed by atoms with Gasteiger partial charge in [0.2, 0.25) is 0 Å². The zero-order chi connectivity index (χ0) is 5.98. The number of rotatable bonds is 1. The van der Waals surface area contributed by atoms with Crippen LogP contribution in [0.15, 0.2) is 6.20 Å². The van der Waals surface area contributed by atoms with Crippen LogP contribution in [0.3, 0.4) is 0 Å². The zero-order valence-electron chi connectivity index (χ0n) is 4.50. The number of nitrogens with zero attached hydrogens (tertiary/aromatic N) is 2. The topological polar surface area (TPSA) is 41.6 Å². The Balaban J connectivity index is 2.77. The van der Waals surface area contributed by atoms with Crippen molar-refractivity contribution < 1.29 is 0 Å². The summed E-state index contributed by atoms with van der Waals surface area (Å²) >= 11 is 4.13. The first-order valence-corrected chi connectivity index (χ1v) is 2.87. The van der Waals surface area contributed by atoms with E-state index in [-0.39, 0.29) is 5.25 Å². The van der Waals surface area contributed by atoms with Crippen molar-refractivity contribution in [2.24, 2.45) is 0 Å². The molecule has 4 heteroatoms. The van der Waals surface area contributed by atoms with Gasteiger partial charge in [-0.15, -0.1) is 5.10 Å². The highest BCUT2D eigenvalue weighted by Crippen LogP contribution is 2.12. The van der Waals surface area contributed by atoms with Gasteiger partial charge in [-0.2, -0.15) is 12.6 Å². The van der Waals surface area contributed by atoms with Crippen LogP contribution in [0.25, 0.3) is 0 Å². The van der Waals surface area contributed by atoms with E-state index in [0.717, 1.165) is 5.69 Å². The van der Waals surface area contributed by atoms with Crippen molar-refractivity contribution in [1.82, 2.24) is 15.4 Å². The number of nitrogens with one attached hydrogen (secondary N) is 1. The molecule has 0 aliphatic rings. The molecule has 1 N–H and O–H groups in total. The molecule has 1 heterocycles. The maximum atomic E-state index is 4.13. The molecule has 0 fully saturated rings. The predicted octanol–water partition coefficient (Wildman–Crippen LogP) is 0.795. The van der Waals surface area contributed by atoms with Crippen LogP contribution in [-0.4, -0.2) is 15.4 Å². The second-order valence-electron chi connectivity index (χ2n) is 1.57. The summed E-state index contributed by atoms with van der Waals surface area (Å²) in [7, 11) is 0. The zero-order valence-corrected chi connectivity index (χ0v) is 5.39. The van der Waals surface area contributed by atoms with Crippen LogP contribution in [-0.2, 0) is 0 Å². The third kappa shape index (κ3) is 1.01. The molecular formula is C4H7N3S. The third-order valence-corrected chi connectivity index (χ3v) is 1.13. The van der Waals surface area contributed by atoms with Crippen LogP contribution in [0.5, 0.6) is 0 Å². The molecule has 1 aromatic heterocycles. The number of hydrogen-bond donors (Lipinski definition) is 2. The highest BCUT2D eigenvalue weighted by atomic mass is 32.1. The summed E-state index contributed by atoms with van der Waals surface area (Å²) in [5, 5.41) is 10.0. The van der Waals surface area contributed by atoms with Crippen molar-refractivity contribution in [3.05, 3.63) is 11.9 Å². The number of thiol groups is 1. The van der Waals surface area contributed by atoms with Crippen LogP contribution in [0.1, 0.15) is 17.9 Å². The maximum Gasteiger partial charge on any atom is 0.0948 e. The molecule has 0 aliphatic heterocycles. The van der Waals surface area contributed by atoms with Crippen LogP contribution < -0.4 is 0 Å². The second-order valence-corrected chi connectivity index (χ2v) is 2.35. The van der Waals surface area contributed by atoms with E-state index in [9.17, 15) is 0 Å². The number of aromatic amines is 1. The molecule has 0 aromatic carbocycles. The summed E-state index contributed by atoms with van der Waals surface area (Å²) in [5.41, 5.74) is 0.883. The van der Waals surface area contributed by atoms with Gasteiger partial charge in [-0.25, -0.2) is 0 Å². The molecule has 0 radical (unpaired) electrons. The van der Waals surface area contributed by atoms with Gasteiger partial charge in [0.1, 0.15) is 0 Å². The van der Waals surface area contributed by atoms with Gasteiger partial charge in [0.25, 0.3) is 0 Å². The SMILES string of the molecule is CC(S)c1c[nH]nn1. The van der Waals surface area contributed by atoms with Crippen molar-refractivity contribution in [3.8, 4) is 0 Å². The first-order chi connectivity index (χ1) is 3.80. The van der Waals surface area contributed by atoms with Crippen molar-refractivity contribution in [2.75, 3.05) is 0 Å². The average Bonchev–Trinajstić information content (AvgIpc) is 2.12. The molecule has 1 rings (SSSR count). The maximum absolute atomic E-state index is 4.13.